The highest BCUT2D eigenvalue weighted by Crippen LogP contribution is 2.18. The molecule has 4 rings (SSSR count). The fraction of sp³-hybridized carbons (Fsp3) is 0.136. The number of benzene rings is 2. The van der Waals surface area contributed by atoms with Gasteiger partial charge >= 0.3 is 0 Å². The number of carbonyl (C=O) groups is 1. The van der Waals surface area contributed by atoms with Crippen LogP contribution >= 0.6 is 0 Å². The maximum absolute atomic E-state index is 12.4. The minimum absolute atomic E-state index is 0.107. The number of para-hydroxylation sites is 2. The molecule has 0 bridgehead atoms. The van der Waals surface area contributed by atoms with E-state index in [1.54, 1.807) is 19.5 Å². The third-order valence-electron chi connectivity index (χ3n) is 4.52. The van der Waals surface area contributed by atoms with Gasteiger partial charge < -0.3 is 10.1 Å². The van der Waals surface area contributed by atoms with Crippen molar-refractivity contribution in [2.45, 2.75) is 6.42 Å². The Morgan fingerprint density at radius 3 is 2.68 bits per heavy atom. The van der Waals surface area contributed by atoms with Gasteiger partial charge in [-0.15, -0.1) is 0 Å². The van der Waals surface area contributed by atoms with Gasteiger partial charge in [-0.05, 0) is 42.5 Å². The largest absolute Gasteiger partial charge is 0.481 e. The number of hydrogen-bond acceptors (Lipinski definition) is 4. The zero-order valence-corrected chi connectivity index (χ0v) is 15.5. The fourth-order valence-electron chi connectivity index (χ4n) is 3.05. The van der Waals surface area contributed by atoms with Crippen molar-refractivity contribution in [1.82, 2.24) is 19.9 Å². The fourth-order valence-corrected chi connectivity index (χ4v) is 3.05. The molecule has 2 aromatic carbocycles. The van der Waals surface area contributed by atoms with Gasteiger partial charge in [0.1, 0.15) is 6.33 Å². The highest BCUT2D eigenvalue weighted by molar-refractivity contribution is 5.94. The van der Waals surface area contributed by atoms with Crippen molar-refractivity contribution >= 4 is 16.9 Å². The molecule has 0 aliphatic rings. The first kappa shape index (κ1) is 17.7. The van der Waals surface area contributed by atoms with Gasteiger partial charge in [-0.25, -0.2) is 9.97 Å². The first-order valence-corrected chi connectivity index (χ1v) is 9.05. The highest BCUT2D eigenvalue weighted by atomic mass is 16.5. The summed E-state index contributed by atoms with van der Waals surface area (Å²) in [4.78, 5) is 21.1. The first-order valence-electron chi connectivity index (χ1n) is 9.05. The van der Waals surface area contributed by atoms with Crippen LogP contribution in [-0.4, -0.2) is 34.1 Å². The Morgan fingerprint density at radius 2 is 1.86 bits per heavy atom. The number of fused-ring (bicyclic) bond motifs is 1. The molecule has 2 heterocycles. The van der Waals surface area contributed by atoms with Gasteiger partial charge in [-0.3, -0.25) is 9.36 Å². The van der Waals surface area contributed by atoms with E-state index in [-0.39, 0.29) is 5.91 Å². The second-order valence-corrected chi connectivity index (χ2v) is 6.33. The number of imidazole rings is 1. The normalized spacial score (nSPS) is 10.8. The third kappa shape index (κ3) is 3.71. The number of methoxy groups -OCH3 is 1. The summed E-state index contributed by atoms with van der Waals surface area (Å²) in [5, 5.41) is 2.93. The highest BCUT2D eigenvalue weighted by Gasteiger charge is 2.08. The molecule has 140 valence electrons. The number of aromatic nitrogens is 3. The lowest BCUT2D eigenvalue weighted by molar-refractivity contribution is 0.0954. The van der Waals surface area contributed by atoms with E-state index in [9.17, 15) is 4.79 Å². The van der Waals surface area contributed by atoms with E-state index in [1.165, 1.54) is 0 Å². The molecule has 0 fully saturated rings. The maximum atomic E-state index is 12.4. The lowest BCUT2D eigenvalue weighted by atomic mass is 10.2. The summed E-state index contributed by atoms with van der Waals surface area (Å²) in [5.41, 5.74) is 4.43. The van der Waals surface area contributed by atoms with Crippen LogP contribution < -0.4 is 10.1 Å². The number of amides is 1. The molecule has 0 unspecified atom stereocenters. The number of pyridine rings is 1. The average molecular weight is 372 g/mol. The monoisotopic (exact) mass is 372 g/mol. The number of nitrogens with one attached hydrogen (secondary N) is 1. The first-order chi connectivity index (χ1) is 13.7. The smallest absolute Gasteiger partial charge is 0.251 e. The number of ether oxygens (including phenoxy) is 1. The molecule has 0 saturated carbocycles. The van der Waals surface area contributed by atoms with Crippen LogP contribution in [0.4, 0.5) is 0 Å². The van der Waals surface area contributed by atoms with Gasteiger partial charge in [0.05, 0.1) is 18.1 Å². The van der Waals surface area contributed by atoms with Crippen molar-refractivity contribution in [1.29, 1.82) is 0 Å². The van der Waals surface area contributed by atoms with Gasteiger partial charge in [0.25, 0.3) is 5.91 Å². The standard InChI is InChI=1S/C22H20N4O2/c1-28-21-8-4-5-17(25-21)13-14-23-22(27)16-9-11-18(12-10-16)26-15-24-19-6-2-3-7-20(19)26/h2-12,15H,13-14H2,1H3,(H,23,27). The number of carbonyl (C=O) groups excluding carboxylic acids is 1. The zero-order valence-electron chi connectivity index (χ0n) is 15.5. The van der Waals surface area contributed by atoms with Crippen molar-refractivity contribution in [2.24, 2.45) is 0 Å². The van der Waals surface area contributed by atoms with Gasteiger partial charge in [-0.1, -0.05) is 18.2 Å². The lowest BCUT2D eigenvalue weighted by Gasteiger charge is -2.08. The van der Waals surface area contributed by atoms with Crippen LogP contribution in [0.1, 0.15) is 16.1 Å². The summed E-state index contributed by atoms with van der Waals surface area (Å²) in [7, 11) is 1.59. The van der Waals surface area contributed by atoms with Crippen LogP contribution in [0.25, 0.3) is 16.7 Å². The summed E-state index contributed by atoms with van der Waals surface area (Å²) in [6.07, 6.45) is 2.43. The Bertz CT molecular complexity index is 1100. The molecule has 0 aliphatic heterocycles. The Kier molecular flexibility index (Phi) is 5.01. The van der Waals surface area contributed by atoms with Crippen LogP contribution in [0.5, 0.6) is 5.88 Å². The van der Waals surface area contributed by atoms with Crippen molar-refractivity contribution in [3.05, 3.63) is 84.3 Å². The van der Waals surface area contributed by atoms with E-state index in [4.69, 9.17) is 4.74 Å². The summed E-state index contributed by atoms with van der Waals surface area (Å²) in [5.74, 6) is 0.469. The minimum Gasteiger partial charge on any atom is -0.481 e. The second-order valence-electron chi connectivity index (χ2n) is 6.33. The number of rotatable bonds is 6. The molecule has 1 amide bonds. The molecular weight excluding hydrogens is 352 g/mol. The molecule has 0 atom stereocenters. The van der Waals surface area contributed by atoms with Gasteiger partial charge in [0.15, 0.2) is 0 Å². The number of nitrogens with zero attached hydrogens (tertiary/aromatic N) is 3. The van der Waals surface area contributed by atoms with Crippen molar-refractivity contribution in [3.63, 3.8) is 0 Å². The summed E-state index contributed by atoms with van der Waals surface area (Å²) in [6.45, 7) is 0.507. The Balaban J connectivity index is 1.40. The Morgan fingerprint density at radius 1 is 1.04 bits per heavy atom. The van der Waals surface area contributed by atoms with Crippen LogP contribution in [0.2, 0.25) is 0 Å². The van der Waals surface area contributed by atoms with Crippen molar-refractivity contribution in [2.75, 3.05) is 13.7 Å². The molecule has 2 aromatic heterocycles. The molecule has 4 aromatic rings. The van der Waals surface area contributed by atoms with Crippen molar-refractivity contribution < 1.29 is 9.53 Å². The predicted octanol–water partition coefficient (Wildman–Crippen LogP) is 3.40. The van der Waals surface area contributed by atoms with Crippen LogP contribution in [0.3, 0.4) is 0 Å². The number of hydrogen-bond donors (Lipinski definition) is 1. The molecule has 6 heteroatoms. The van der Waals surface area contributed by atoms with Gasteiger partial charge in [0, 0.05) is 36.0 Å². The van der Waals surface area contributed by atoms with Gasteiger partial charge in [0.2, 0.25) is 5.88 Å². The lowest BCUT2D eigenvalue weighted by Crippen LogP contribution is -2.25. The molecule has 0 saturated heterocycles. The molecular formula is C22H20N4O2. The van der Waals surface area contributed by atoms with Gasteiger partial charge in [-0.2, -0.15) is 0 Å². The molecule has 0 spiro atoms. The topological polar surface area (TPSA) is 69.0 Å². The van der Waals surface area contributed by atoms with Crippen LogP contribution in [0.15, 0.2) is 73.1 Å². The summed E-state index contributed by atoms with van der Waals surface area (Å²) >= 11 is 0. The molecule has 28 heavy (non-hydrogen) atoms. The third-order valence-corrected chi connectivity index (χ3v) is 4.52. The SMILES string of the molecule is COc1cccc(CCNC(=O)c2ccc(-n3cnc4ccccc43)cc2)n1. The van der Waals surface area contributed by atoms with E-state index in [0.29, 0.717) is 24.4 Å². The van der Waals surface area contributed by atoms with Crippen molar-refractivity contribution in [3.8, 4) is 11.6 Å². The van der Waals surface area contributed by atoms with E-state index in [1.807, 2.05) is 65.2 Å². The summed E-state index contributed by atoms with van der Waals surface area (Å²) < 4.78 is 7.12. The average Bonchev–Trinajstić information content (AvgIpc) is 3.18. The molecule has 6 nitrogen and oxygen atoms in total. The summed E-state index contributed by atoms with van der Waals surface area (Å²) in [6, 6.07) is 21.0. The van der Waals surface area contributed by atoms with E-state index >= 15 is 0 Å². The van der Waals surface area contributed by atoms with E-state index in [0.717, 1.165) is 22.4 Å². The van der Waals surface area contributed by atoms with E-state index < -0.39 is 0 Å². The second kappa shape index (κ2) is 7.92. The van der Waals surface area contributed by atoms with Crippen LogP contribution in [-0.2, 0) is 6.42 Å². The molecule has 1 N–H and O–H groups in total. The minimum atomic E-state index is -0.107. The zero-order chi connectivity index (χ0) is 19.3. The molecule has 0 radical (unpaired) electrons. The predicted molar refractivity (Wildman–Crippen MR) is 108 cm³/mol. The quantitative estimate of drug-likeness (QED) is 0.563. The maximum Gasteiger partial charge on any atom is 0.251 e. The Hall–Kier alpha value is -3.67. The molecule has 0 aliphatic carbocycles. The Labute approximate surface area is 162 Å². The van der Waals surface area contributed by atoms with Crippen LogP contribution in [0, 0.1) is 0 Å². The van der Waals surface area contributed by atoms with E-state index in [2.05, 4.69) is 15.3 Å².